The predicted octanol–water partition coefficient (Wildman–Crippen LogP) is 3.93. The van der Waals surface area contributed by atoms with Crippen molar-refractivity contribution < 1.29 is 4.39 Å². The number of anilines is 3. The Kier molecular flexibility index (Phi) is 3.52. The van der Waals surface area contributed by atoms with E-state index in [0.29, 0.717) is 16.0 Å². The second kappa shape index (κ2) is 4.94. The Labute approximate surface area is 113 Å². The zero-order chi connectivity index (χ0) is 13.3. The van der Waals surface area contributed by atoms with Crippen molar-refractivity contribution in [1.82, 2.24) is 4.98 Å². The summed E-state index contributed by atoms with van der Waals surface area (Å²) in [6, 6.07) is 6.76. The van der Waals surface area contributed by atoms with Crippen molar-refractivity contribution in [2.45, 2.75) is 13.8 Å². The Morgan fingerprint density at radius 2 is 2.00 bits per heavy atom. The van der Waals surface area contributed by atoms with E-state index in [2.05, 4.69) is 26.2 Å². The second-order valence-electron chi connectivity index (χ2n) is 4.10. The number of aryl methyl sites for hydroxylation is 2. The van der Waals surface area contributed by atoms with Gasteiger partial charge in [0.15, 0.2) is 5.82 Å². The number of nitrogens with one attached hydrogen (secondary N) is 1. The minimum atomic E-state index is -0.289. The lowest BCUT2D eigenvalue weighted by atomic mass is 10.2. The van der Waals surface area contributed by atoms with Crippen molar-refractivity contribution >= 4 is 33.1 Å². The molecule has 0 radical (unpaired) electrons. The third-order valence-corrected chi connectivity index (χ3v) is 3.19. The van der Waals surface area contributed by atoms with E-state index in [4.69, 9.17) is 5.73 Å². The highest BCUT2D eigenvalue weighted by molar-refractivity contribution is 9.10. The van der Waals surface area contributed by atoms with Gasteiger partial charge in [0.2, 0.25) is 0 Å². The van der Waals surface area contributed by atoms with Crippen LogP contribution in [-0.4, -0.2) is 4.98 Å². The minimum absolute atomic E-state index is 0.289. The molecule has 0 atom stereocenters. The van der Waals surface area contributed by atoms with Crippen LogP contribution in [0.2, 0.25) is 0 Å². The van der Waals surface area contributed by atoms with Crippen molar-refractivity contribution in [3.63, 3.8) is 0 Å². The first-order valence-corrected chi connectivity index (χ1v) is 6.22. The fraction of sp³-hybridized carbons (Fsp3) is 0.154. The first-order valence-electron chi connectivity index (χ1n) is 5.43. The predicted molar refractivity (Wildman–Crippen MR) is 75.5 cm³/mol. The lowest BCUT2D eigenvalue weighted by Gasteiger charge is -2.12. The fourth-order valence-corrected chi connectivity index (χ4v) is 1.92. The van der Waals surface area contributed by atoms with Crippen LogP contribution >= 0.6 is 15.9 Å². The molecule has 94 valence electrons. The van der Waals surface area contributed by atoms with Crippen molar-refractivity contribution in [1.29, 1.82) is 0 Å². The lowest BCUT2D eigenvalue weighted by Crippen LogP contribution is -2.02. The SMILES string of the molecule is Cc1ccc(N)c(Nc2cc(Br)c(F)cc2C)n1. The van der Waals surface area contributed by atoms with Crippen LogP contribution in [0.15, 0.2) is 28.7 Å². The van der Waals surface area contributed by atoms with Gasteiger partial charge in [-0.25, -0.2) is 9.37 Å². The van der Waals surface area contributed by atoms with Crippen LogP contribution in [0.25, 0.3) is 0 Å². The van der Waals surface area contributed by atoms with Gasteiger partial charge in [0.05, 0.1) is 10.2 Å². The molecule has 0 aliphatic rings. The largest absolute Gasteiger partial charge is 0.396 e. The minimum Gasteiger partial charge on any atom is -0.396 e. The summed E-state index contributed by atoms with van der Waals surface area (Å²) in [7, 11) is 0. The molecule has 0 bridgehead atoms. The zero-order valence-electron chi connectivity index (χ0n) is 10.1. The van der Waals surface area contributed by atoms with E-state index in [-0.39, 0.29) is 5.82 Å². The number of rotatable bonds is 2. The number of hydrogen-bond donors (Lipinski definition) is 2. The molecule has 3 nitrogen and oxygen atoms in total. The third-order valence-electron chi connectivity index (χ3n) is 2.59. The van der Waals surface area contributed by atoms with Gasteiger partial charge in [-0.15, -0.1) is 0 Å². The van der Waals surface area contributed by atoms with Gasteiger partial charge in [-0.1, -0.05) is 0 Å². The molecule has 1 heterocycles. The molecule has 0 spiro atoms. The van der Waals surface area contributed by atoms with Gasteiger partial charge in [-0.3, -0.25) is 0 Å². The average Bonchev–Trinajstić information content (AvgIpc) is 2.30. The lowest BCUT2D eigenvalue weighted by molar-refractivity contribution is 0.620. The number of nitrogens with two attached hydrogens (primary N) is 1. The molecule has 18 heavy (non-hydrogen) atoms. The molecule has 0 aliphatic carbocycles. The quantitative estimate of drug-likeness (QED) is 0.884. The Morgan fingerprint density at radius 3 is 2.72 bits per heavy atom. The topological polar surface area (TPSA) is 50.9 Å². The molecule has 1 aromatic heterocycles. The number of hydrogen-bond acceptors (Lipinski definition) is 3. The van der Waals surface area contributed by atoms with Gasteiger partial charge in [0, 0.05) is 11.4 Å². The molecule has 0 saturated heterocycles. The highest BCUT2D eigenvalue weighted by atomic mass is 79.9. The molecule has 0 unspecified atom stereocenters. The summed E-state index contributed by atoms with van der Waals surface area (Å²) >= 11 is 3.16. The van der Waals surface area contributed by atoms with Crippen molar-refractivity contribution in [2.75, 3.05) is 11.1 Å². The summed E-state index contributed by atoms with van der Waals surface area (Å²) in [5, 5.41) is 3.12. The monoisotopic (exact) mass is 309 g/mol. The average molecular weight is 310 g/mol. The number of nitrogens with zero attached hydrogens (tertiary/aromatic N) is 1. The summed E-state index contributed by atoms with van der Waals surface area (Å²) < 4.78 is 13.7. The third kappa shape index (κ3) is 2.61. The van der Waals surface area contributed by atoms with Crippen molar-refractivity contribution in [3.8, 4) is 0 Å². The van der Waals surface area contributed by atoms with Gasteiger partial charge < -0.3 is 11.1 Å². The Hall–Kier alpha value is -1.62. The van der Waals surface area contributed by atoms with Gasteiger partial charge >= 0.3 is 0 Å². The van der Waals surface area contributed by atoms with Crippen LogP contribution in [0.1, 0.15) is 11.3 Å². The summed E-state index contributed by atoms with van der Waals surface area (Å²) in [6.07, 6.45) is 0. The van der Waals surface area contributed by atoms with Crippen LogP contribution in [0, 0.1) is 19.7 Å². The van der Waals surface area contributed by atoms with Crippen LogP contribution in [0.5, 0.6) is 0 Å². The van der Waals surface area contributed by atoms with E-state index in [0.717, 1.165) is 16.9 Å². The molecule has 3 N–H and O–H groups in total. The summed E-state index contributed by atoms with van der Waals surface area (Å²) in [5.74, 6) is 0.292. The van der Waals surface area contributed by atoms with Gasteiger partial charge in [0.25, 0.3) is 0 Å². The Morgan fingerprint density at radius 1 is 1.28 bits per heavy atom. The second-order valence-corrected chi connectivity index (χ2v) is 4.95. The van der Waals surface area contributed by atoms with Crippen LogP contribution in [-0.2, 0) is 0 Å². The van der Waals surface area contributed by atoms with E-state index < -0.39 is 0 Å². The zero-order valence-corrected chi connectivity index (χ0v) is 11.7. The molecule has 2 aromatic rings. The molecule has 1 aromatic carbocycles. The number of halogens is 2. The smallest absolute Gasteiger partial charge is 0.153 e. The van der Waals surface area contributed by atoms with Gasteiger partial charge in [-0.2, -0.15) is 0 Å². The molecular formula is C13H13BrFN3. The molecule has 0 aliphatic heterocycles. The van der Waals surface area contributed by atoms with E-state index in [1.165, 1.54) is 6.07 Å². The van der Waals surface area contributed by atoms with Crippen LogP contribution in [0.4, 0.5) is 21.6 Å². The molecule has 0 amide bonds. The maximum atomic E-state index is 13.3. The first-order chi connectivity index (χ1) is 8.47. The van der Waals surface area contributed by atoms with Crippen LogP contribution < -0.4 is 11.1 Å². The summed E-state index contributed by atoms with van der Waals surface area (Å²) in [4.78, 5) is 4.32. The number of aromatic nitrogens is 1. The van der Waals surface area contributed by atoms with Crippen LogP contribution in [0.3, 0.4) is 0 Å². The summed E-state index contributed by atoms with van der Waals surface area (Å²) in [6.45, 7) is 3.71. The van der Waals surface area contributed by atoms with Gasteiger partial charge in [0.1, 0.15) is 5.82 Å². The highest BCUT2D eigenvalue weighted by Gasteiger charge is 2.08. The maximum absolute atomic E-state index is 13.3. The number of benzene rings is 1. The molecular weight excluding hydrogens is 297 g/mol. The maximum Gasteiger partial charge on any atom is 0.153 e. The van der Waals surface area contributed by atoms with Crippen molar-refractivity contribution in [2.24, 2.45) is 0 Å². The molecule has 5 heteroatoms. The number of nitrogen functional groups attached to an aromatic ring is 1. The number of pyridine rings is 1. The normalized spacial score (nSPS) is 10.4. The van der Waals surface area contributed by atoms with E-state index in [9.17, 15) is 4.39 Å². The highest BCUT2D eigenvalue weighted by Crippen LogP contribution is 2.28. The fourth-order valence-electron chi connectivity index (χ4n) is 1.58. The molecule has 2 rings (SSSR count). The van der Waals surface area contributed by atoms with E-state index >= 15 is 0 Å². The first kappa shape index (κ1) is 12.8. The standard InChI is InChI=1S/C13H13BrFN3/c1-7-5-10(15)9(14)6-12(7)18-13-11(16)4-3-8(2)17-13/h3-6H,16H2,1-2H3,(H,17,18). The Bertz CT molecular complexity index is 599. The van der Waals surface area contributed by atoms with E-state index in [1.807, 2.05) is 19.9 Å². The molecule has 0 saturated carbocycles. The van der Waals surface area contributed by atoms with Gasteiger partial charge in [-0.05, 0) is 59.6 Å². The summed E-state index contributed by atoms with van der Waals surface area (Å²) in [5.41, 5.74) is 8.83. The van der Waals surface area contributed by atoms with E-state index in [1.54, 1.807) is 12.1 Å². The molecule has 0 fully saturated rings. The van der Waals surface area contributed by atoms with Crippen molar-refractivity contribution in [3.05, 3.63) is 45.8 Å². The Balaban J connectivity index is 2.40.